The molecule has 1 N–H and O–H groups in total. The average Bonchev–Trinajstić information content (AvgIpc) is 2.85. The van der Waals surface area contributed by atoms with Crippen LogP contribution in [-0.2, 0) is 16.2 Å². The molecule has 9 heteroatoms. The van der Waals surface area contributed by atoms with Gasteiger partial charge in [-0.15, -0.1) is 0 Å². The molecule has 0 unspecified atom stereocenters. The van der Waals surface area contributed by atoms with Crippen molar-refractivity contribution in [2.24, 2.45) is 0 Å². The molecule has 3 aromatic carbocycles. The van der Waals surface area contributed by atoms with Gasteiger partial charge in [-0.3, -0.25) is 14.9 Å². The second kappa shape index (κ2) is 11.2. The highest BCUT2D eigenvalue weighted by Gasteiger charge is 2.37. The van der Waals surface area contributed by atoms with Gasteiger partial charge in [0.25, 0.3) is 11.8 Å². The van der Waals surface area contributed by atoms with E-state index in [1.165, 1.54) is 6.08 Å². The number of rotatable bonds is 7. The van der Waals surface area contributed by atoms with Crippen LogP contribution in [0.1, 0.15) is 29.2 Å². The lowest BCUT2D eigenvalue weighted by atomic mass is 10.0. The summed E-state index contributed by atoms with van der Waals surface area (Å²) in [6.07, 6.45) is 1.42. The number of barbiturate groups is 1. The standard InChI is InChI=1S/C28H24BrClN2O5/c1-4-36-24-13-19(22(29)14-25(24)37-15-18-7-5-6-8-23(18)30)12-21-26(33)31-28(35)32(27(21)34)20-10-9-16(2)17(3)11-20/h5-14H,4,15H2,1-3H3,(H,31,33,35)/b21-12+. The molecule has 0 aromatic heterocycles. The zero-order valence-electron chi connectivity index (χ0n) is 20.4. The molecule has 37 heavy (non-hydrogen) atoms. The molecule has 0 aliphatic carbocycles. The van der Waals surface area contributed by atoms with E-state index in [4.69, 9.17) is 21.1 Å². The van der Waals surface area contributed by atoms with Crippen molar-refractivity contribution in [3.8, 4) is 11.5 Å². The minimum atomic E-state index is -0.798. The lowest BCUT2D eigenvalue weighted by Gasteiger charge is -2.27. The number of nitrogens with one attached hydrogen (secondary N) is 1. The third-order valence-electron chi connectivity index (χ3n) is 5.85. The highest BCUT2D eigenvalue weighted by molar-refractivity contribution is 9.10. The average molecular weight is 584 g/mol. The van der Waals surface area contributed by atoms with Gasteiger partial charge in [0.15, 0.2) is 11.5 Å². The normalized spacial score (nSPS) is 14.7. The number of anilines is 1. The predicted octanol–water partition coefficient (Wildman–Crippen LogP) is 6.36. The van der Waals surface area contributed by atoms with Crippen LogP contribution in [-0.4, -0.2) is 24.5 Å². The Bertz CT molecular complexity index is 1440. The topological polar surface area (TPSA) is 84.9 Å². The Morgan fingerprint density at radius 2 is 1.70 bits per heavy atom. The fourth-order valence-corrected chi connectivity index (χ4v) is 4.35. The first-order valence-electron chi connectivity index (χ1n) is 11.5. The monoisotopic (exact) mass is 582 g/mol. The third-order valence-corrected chi connectivity index (χ3v) is 6.91. The van der Waals surface area contributed by atoms with Crippen LogP contribution in [0.5, 0.6) is 11.5 Å². The van der Waals surface area contributed by atoms with Crippen molar-refractivity contribution in [2.75, 3.05) is 11.5 Å². The highest BCUT2D eigenvalue weighted by Crippen LogP contribution is 2.36. The van der Waals surface area contributed by atoms with E-state index in [1.807, 2.05) is 45.0 Å². The van der Waals surface area contributed by atoms with E-state index in [0.717, 1.165) is 21.6 Å². The SMILES string of the molecule is CCOc1cc(/C=C2\C(=O)NC(=O)N(c3ccc(C)c(C)c3)C2=O)c(Br)cc1OCc1ccccc1Cl. The molecule has 1 aliphatic heterocycles. The molecular weight excluding hydrogens is 560 g/mol. The van der Waals surface area contributed by atoms with E-state index in [9.17, 15) is 14.4 Å². The number of carbonyl (C=O) groups is 3. The van der Waals surface area contributed by atoms with Crippen molar-refractivity contribution in [3.05, 3.63) is 91.9 Å². The van der Waals surface area contributed by atoms with Crippen molar-refractivity contribution < 1.29 is 23.9 Å². The van der Waals surface area contributed by atoms with Crippen LogP contribution >= 0.6 is 27.5 Å². The number of ether oxygens (including phenoxy) is 2. The van der Waals surface area contributed by atoms with E-state index in [1.54, 1.807) is 30.3 Å². The van der Waals surface area contributed by atoms with E-state index < -0.39 is 17.8 Å². The molecule has 1 saturated heterocycles. The van der Waals surface area contributed by atoms with Gasteiger partial charge in [0.1, 0.15) is 12.2 Å². The number of aryl methyl sites for hydroxylation is 2. The lowest BCUT2D eigenvalue weighted by Crippen LogP contribution is -2.54. The second-order valence-electron chi connectivity index (χ2n) is 8.36. The molecule has 4 rings (SSSR count). The van der Waals surface area contributed by atoms with Crippen LogP contribution < -0.4 is 19.7 Å². The van der Waals surface area contributed by atoms with Crippen LogP contribution in [0.3, 0.4) is 0 Å². The number of nitrogens with zero attached hydrogens (tertiary/aromatic N) is 1. The lowest BCUT2D eigenvalue weighted by molar-refractivity contribution is -0.122. The van der Waals surface area contributed by atoms with Gasteiger partial charge in [0.05, 0.1) is 12.3 Å². The Balaban J connectivity index is 1.68. The van der Waals surface area contributed by atoms with Crippen LogP contribution in [0.15, 0.2) is 64.6 Å². The van der Waals surface area contributed by atoms with Crippen LogP contribution in [0.2, 0.25) is 5.02 Å². The maximum Gasteiger partial charge on any atom is 0.335 e. The van der Waals surface area contributed by atoms with Gasteiger partial charge < -0.3 is 9.47 Å². The molecule has 190 valence electrons. The summed E-state index contributed by atoms with van der Waals surface area (Å²) < 4.78 is 12.3. The summed E-state index contributed by atoms with van der Waals surface area (Å²) >= 11 is 9.74. The van der Waals surface area contributed by atoms with E-state index in [0.29, 0.717) is 38.9 Å². The molecule has 4 amide bonds. The Labute approximate surface area is 228 Å². The first kappa shape index (κ1) is 26.4. The molecule has 0 spiro atoms. The minimum Gasteiger partial charge on any atom is -0.490 e. The molecule has 1 fully saturated rings. The minimum absolute atomic E-state index is 0.189. The number of hydrogen-bond acceptors (Lipinski definition) is 5. The molecule has 3 aromatic rings. The van der Waals surface area contributed by atoms with Crippen molar-refractivity contribution in [1.82, 2.24) is 5.32 Å². The first-order valence-corrected chi connectivity index (χ1v) is 12.7. The quantitative estimate of drug-likeness (QED) is 0.258. The van der Waals surface area contributed by atoms with Gasteiger partial charge in [-0.1, -0.05) is 51.8 Å². The van der Waals surface area contributed by atoms with E-state index >= 15 is 0 Å². The van der Waals surface area contributed by atoms with Crippen LogP contribution in [0.25, 0.3) is 6.08 Å². The Hall–Kier alpha value is -3.62. The van der Waals surface area contributed by atoms with Crippen LogP contribution in [0.4, 0.5) is 10.5 Å². The largest absolute Gasteiger partial charge is 0.490 e. The molecule has 0 radical (unpaired) electrons. The smallest absolute Gasteiger partial charge is 0.335 e. The van der Waals surface area contributed by atoms with Gasteiger partial charge in [-0.05, 0) is 73.9 Å². The van der Waals surface area contributed by atoms with Gasteiger partial charge in [0.2, 0.25) is 0 Å². The highest BCUT2D eigenvalue weighted by atomic mass is 79.9. The maximum atomic E-state index is 13.3. The molecule has 0 atom stereocenters. The Kier molecular flexibility index (Phi) is 8.00. The van der Waals surface area contributed by atoms with Gasteiger partial charge in [-0.2, -0.15) is 0 Å². The zero-order chi connectivity index (χ0) is 26.7. The van der Waals surface area contributed by atoms with Crippen molar-refractivity contribution >= 4 is 57.1 Å². The molecule has 0 bridgehead atoms. The number of hydrogen-bond donors (Lipinski definition) is 1. The second-order valence-corrected chi connectivity index (χ2v) is 9.62. The van der Waals surface area contributed by atoms with Crippen molar-refractivity contribution in [2.45, 2.75) is 27.4 Å². The summed E-state index contributed by atoms with van der Waals surface area (Å²) in [5.41, 5.74) is 3.43. The predicted molar refractivity (Wildman–Crippen MR) is 146 cm³/mol. The summed E-state index contributed by atoms with van der Waals surface area (Å²) in [5.74, 6) is -0.614. The summed E-state index contributed by atoms with van der Waals surface area (Å²) in [4.78, 5) is 39.5. The van der Waals surface area contributed by atoms with E-state index in [2.05, 4.69) is 21.2 Å². The molecule has 1 heterocycles. The van der Waals surface area contributed by atoms with Gasteiger partial charge in [0, 0.05) is 15.1 Å². The number of imide groups is 2. The Morgan fingerprint density at radius 3 is 2.41 bits per heavy atom. The fraction of sp³-hybridized carbons (Fsp3) is 0.179. The number of benzene rings is 3. The van der Waals surface area contributed by atoms with E-state index in [-0.39, 0.29) is 12.2 Å². The zero-order valence-corrected chi connectivity index (χ0v) is 22.8. The molecule has 0 saturated carbocycles. The summed E-state index contributed by atoms with van der Waals surface area (Å²) in [7, 11) is 0. The molecule has 1 aliphatic rings. The number of urea groups is 1. The number of carbonyl (C=O) groups excluding carboxylic acids is 3. The van der Waals surface area contributed by atoms with Crippen LogP contribution in [0, 0.1) is 13.8 Å². The summed E-state index contributed by atoms with van der Waals surface area (Å²) in [6.45, 7) is 6.24. The summed E-state index contributed by atoms with van der Waals surface area (Å²) in [6, 6.07) is 15.1. The van der Waals surface area contributed by atoms with Gasteiger partial charge >= 0.3 is 6.03 Å². The Morgan fingerprint density at radius 1 is 0.973 bits per heavy atom. The molecular formula is C28H24BrClN2O5. The summed E-state index contributed by atoms with van der Waals surface area (Å²) in [5, 5.41) is 2.84. The van der Waals surface area contributed by atoms with Gasteiger partial charge in [-0.25, -0.2) is 9.69 Å². The third kappa shape index (κ3) is 5.70. The van der Waals surface area contributed by atoms with Crippen molar-refractivity contribution in [1.29, 1.82) is 0 Å². The number of halogens is 2. The number of amides is 4. The van der Waals surface area contributed by atoms with Crippen molar-refractivity contribution in [3.63, 3.8) is 0 Å². The first-order chi connectivity index (χ1) is 17.7. The molecule has 7 nitrogen and oxygen atoms in total. The maximum absolute atomic E-state index is 13.3. The fourth-order valence-electron chi connectivity index (χ4n) is 3.73.